The van der Waals surface area contributed by atoms with Crippen LogP contribution in [-0.2, 0) is 18.6 Å². The molecule has 0 fully saturated rings. The summed E-state index contributed by atoms with van der Waals surface area (Å²) in [6.45, 7) is 4.09. The minimum Gasteiger partial charge on any atom is -0.480 e. The summed E-state index contributed by atoms with van der Waals surface area (Å²) >= 11 is 0. The number of unbranched alkanes of at least 4 members (excludes halogenated alkanes) is 4. The standard InChI is InChI=1S/C13H28O3.C3H8NO6P/c1-3-5-7-9-13(12(15)11-14)16-10-8-6-4-2;4-2(3(5)6)1-10-11(7,8)9/h12-15H,3-11H2,1-2H3;2H,1,4H2,(H,5,6)(H2,7,8,9)/t12-,13-;2-/m00/s1. The minimum atomic E-state index is -4.60. The van der Waals surface area contributed by atoms with Crippen LogP contribution in [0.2, 0.25) is 0 Å². The van der Waals surface area contributed by atoms with E-state index < -0.39 is 32.5 Å². The highest BCUT2D eigenvalue weighted by Gasteiger charge is 2.19. The van der Waals surface area contributed by atoms with Crippen molar-refractivity contribution in [1.82, 2.24) is 0 Å². The molecular formula is C16H36NO9P. The number of hydrogen-bond acceptors (Lipinski definition) is 7. The number of rotatable bonds is 15. The van der Waals surface area contributed by atoms with Gasteiger partial charge in [0.15, 0.2) is 0 Å². The van der Waals surface area contributed by atoms with Crippen LogP contribution in [0.1, 0.15) is 58.8 Å². The van der Waals surface area contributed by atoms with Crippen LogP contribution >= 0.6 is 7.82 Å². The Bertz CT molecular complexity index is 405. The minimum absolute atomic E-state index is 0.187. The molecule has 0 saturated heterocycles. The molecule has 0 aliphatic rings. The van der Waals surface area contributed by atoms with Crippen molar-refractivity contribution in [2.45, 2.75) is 77.0 Å². The molecule has 0 saturated carbocycles. The van der Waals surface area contributed by atoms with Gasteiger partial charge in [0.2, 0.25) is 0 Å². The highest BCUT2D eigenvalue weighted by molar-refractivity contribution is 7.46. The van der Waals surface area contributed by atoms with Crippen LogP contribution in [0.4, 0.5) is 0 Å². The summed E-state index contributed by atoms with van der Waals surface area (Å²) in [5.41, 5.74) is 4.86. The third-order valence-electron chi connectivity index (χ3n) is 3.53. The van der Waals surface area contributed by atoms with Gasteiger partial charge in [0, 0.05) is 6.61 Å². The molecule has 0 amide bonds. The van der Waals surface area contributed by atoms with E-state index in [1.807, 2.05) is 0 Å². The molecule has 0 bridgehead atoms. The highest BCUT2D eigenvalue weighted by Crippen LogP contribution is 2.35. The van der Waals surface area contributed by atoms with Crippen molar-refractivity contribution < 1.29 is 43.7 Å². The predicted molar refractivity (Wildman–Crippen MR) is 100 cm³/mol. The van der Waals surface area contributed by atoms with Gasteiger partial charge in [0.05, 0.1) is 19.3 Å². The fourth-order valence-electron chi connectivity index (χ4n) is 1.94. The Morgan fingerprint density at radius 3 is 2.11 bits per heavy atom. The summed E-state index contributed by atoms with van der Waals surface area (Å²) in [5.74, 6) is -1.38. The monoisotopic (exact) mass is 417 g/mol. The predicted octanol–water partition coefficient (Wildman–Crippen LogP) is 1.00. The van der Waals surface area contributed by atoms with Crippen LogP contribution in [0.3, 0.4) is 0 Å². The van der Waals surface area contributed by atoms with Crippen molar-refractivity contribution in [3.63, 3.8) is 0 Å². The number of ether oxygens (including phenoxy) is 1. The molecule has 0 aromatic heterocycles. The summed E-state index contributed by atoms with van der Waals surface area (Å²) < 4.78 is 19.4. The molecule has 0 aliphatic carbocycles. The summed E-state index contributed by atoms with van der Waals surface area (Å²) in [5, 5.41) is 26.7. The van der Waals surface area contributed by atoms with E-state index in [0.717, 1.165) is 38.5 Å². The molecule has 10 nitrogen and oxygen atoms in total. The average Bonchev–Trinajstić information content (AvgIpc) is 2.60. The van der Waals surface area contributed by atoms with Gasteiger partial charge in [-0.3, -0.25) is 9.32 Å². The van der Waals surface area contributed by atoms with Gasteiger partial charge in [-0.2, -0.15) is 0 Å². The maximum absolute atomic E-state index is 9.98. The van der Waals surface area contributed by atoms with Crippen LogP contribution in [0.25, 0.3) is 0 Å². The normalized spacial score (nSPS) is 14.8. The van der Waals surface area contributed by atoms with E-state index in [-0.39, 0.29) is 12.7 Å². The van der Waals surface area contributed by atoms with Gasteiger partial charge in [0.1, 0.15) is 12.1 Å². The fourth-order valence-corrected chi connectivity index (χ4v) is 2.29. The van der Waals surface area contributed by atoms with E-state index in [2.05, 4.69) is 18.4 Å². The molecule has 11 heteroatoms. The molecule has 0 radical (unpaired) electrons. The molecule has 0 aromatic carbocycles. The van der Waals surface area contributed by atoms with Crippen LogP contribution in [-0.4, -0.2) is 69.1 Å². The Morgan fingerprint density at radius 2 is 1.67 bits per heavy atom. The number of aliphatic hydroxyl groups is 2. The topological polar surface area (TPSA) is 180 Å². The smallest absolute Gasteiger partial charge is 0.469 e. The lowest BCUT2D eigenvalue weighted by Gasteiger charge is -2.22. The van der Waals surface area contributed by atoms with E-state index in [9.17, 15) is 14.5 Å². The summed E-state index contributed by atoms with van der Waals surface area (Å²) in [4.78, 5) is 26.1. The maximum atomic E-state index is 9.98. The van der Waals surface area contributed by atoms with Crippen molar-refractivity contribution in [3.8, 4) is 0 Å². The fraction of sp³-hybridized carbons (Fsp3) is 0.938. The van der Waals surface area contributed by atoms with E-state index >= 15 is 0 Å². The van der Waals surface area contributed by atoms with Gasteiger partial charge < -0.3 is 35.6 Å². The molecular weight excluding hydrogens is 381 g/mol. The lowest BCUT2D eigenvalue weighted by atomic mass is 10.1. The molecule has 0 aliphatic heterocycles. The van der Waals surface area contributed by atoms with Gasteiger partial charge in [-0.05, 0) is 12.8 Å². The Morgan fingerprint density at radius 1 is 1.11 bits per heavy atom. The number of aliphatic carboxylic acids is 1. The second-order valence-electron chi connectivity index (χ2n) is 6.09. The summed E-state index contributed by atoms with van der Waals surface area (Å²) in [6.07, 6.45) is 6.70. The first kappa shape index (κ1) is 28.6. The summed E-state index contributed by atoms with van der Waals surface area (Å²) in [7, 11) is -4.60. The number of carbonyl (C=O) groups is 1. The van der Waals surface area contributed by atoms with Gasteiger partial charge in [-0.25, -0.2) is 4.57 Å². The molecule has 164 valence electrons. The first-order valence-corrected chi connectivity index (χ1v) is 10.7. The molecule has 0 unspecified atom stereocenters. The van der Waals surface area contributed by atoms with E-state index in [1.165, 1.54) is 6.42 Å². The maximum Gasteiger partial charge on any atom is 0.469 e. The van der Waals surface area contributed by atoms with Crippen LogP contribution < -0.4 is 5.73 Å². The quantitative estimate of drug-likeness (QED) is 0.166. The second-order valence-corrected chi connectivity index (χ2v) is 7.33. The van der Waals surface area contributed by atoms with Crippen molar-refractivity contribution in [2.24, 2.45) is 5.73 Å². The number of nitrogens with two attached hydrogens (primary N) is 1. The Balaban J connectivity index is 0. The first-order valence-electron chi connectivity index (χ1n) is 9.17. The zero-order valence-electron chi connectivity index (χ0n) is 16.2. The van der Waals surface area contributed by atoms with Crippen molar-refractivity contribution in [3.05, 3.63) is 0 Å². The summed E-state index contributed by atoms with van der Waals surface area (Å²) in [6, 6.07) is -1.41. The third kappa shape index (κ3) is 20.0. The number of carboxylic acid groups (broad SMARTS) is 1. The molecule has 0 rings (SSSR count). The van der Waals surface area contributed by atoms with E-state index in [0.29, 0.717) is 6.61 Å². The van der Waals surface area contributed by atoms with Gasteiger partial charge in [0.25, 0.3) is 0 Å². The van der Waals surface area contributed by atoms with Gasteiger partial charge in [-0.1, -0.05) is 46.0 Å². The SMILES string of the molecule is CCCCCO[C@@H](CCCCC)[C@@H](O)CO.N[C@@H](COP(=O)(O)O)C(=O)O. The molecule has 7 N–H and O–H groups in total. The zero-order chi connectivity index (χ0) is 21.3. The van der Waals surface area contributed by atoms with Gasteiger partial charge in [-0.15, -0.1) is 0 Å². The number of hydrogen-bond donors (Lipinski definition) is 6. The lowest BCUT2D eigenvalue weighted by Crippen LogP contribution is -2.34. The molecule has 0 aromatic rings. The molecule has 0 heterocycles. The largest absolute Gasteiger partial charge is 0.480 e. The van der Waals surface area contributed by atoms with Crippen molar-refractivity contribution in [1.29, 1.82) is 0 Å². The number of carboxylic acids is 1. The zero-order valence-corrected chi connectivity index (χ0v) is 17.1. The Hall–Kier alpha value is -0.580. The number of phosphoric acid groups is 1. The van der Waals surface area contributed by atoms with Crippen LogP contribution in [0.15, 0.2) is 0 Å². The van der Waals surface area contributed by atoms with E-state index in [4.69, 9.17) is 30.5 Å². The van der Waals surface area contributed by atoms with Crippen LogP contribution in [0.5, 0.6) is 0 Å². The van der Waals surface area contributed by atoms with Crippen molar-refractivity contribution >= 4 is 13.8 Å². The number of phosphoric ester groups is 1. The molecule has 0 spiro atoms. The van der Waals surface area contributed by atoms with Crippen molar-refractivity contribution in [2.75, 3.05) is 19.8 Å². The lowest BCUT2D eigenvalue weighted by molar-refractivity contribution is -0.139. The Labute approximate surface area is 160 Å². The van der Waals surface area contributed by atoms with Gasteiger partial charge >= 0.3 is 13.8 Å². The third-order valence-corrected chi connectivity index (χ3v) is 4.01. The second kappa shape index (κ2) is 17.5. The highest BCUT2D eigenvalue weighted by atomic mass is 31.2. The average molecular weight is 417 g/mol. The Kier molecular flexibility index (Phi) is 18.6. The first-order chi connectivity index (χ1) is 12.6. The molecule has 27 heavy (non-hydrogen) atoms. The van der Waals surface area contributed by atoms with Crippen LogP contribution in [0, 0.1) is 0 Å². The number of aliphatic hydroxyl groups excluding tert-OH is 2. The molecule has 3 atom stereocenters. The van der Waals surface area contributed by atoms with E-state index in [1.54, 1.807) is 0 Å².